The van der Waals surface area contributed by atoms with Crippen molar-refractivity contribution in [3.63, 3.8) is 0 Å². The van der Waals surface area contributed by atoms with Crippen LogP contribution in [0.5, 0.6) is 0 Å². The molecule has 0 bridgehead atoms. The van der Waals surface area contributed by atoms with Gasteiger partial charge in [-0.1, -0.05) is 30.7 Å². The van der Waals surface area contributed by atoms with Crippen LogP contribution in [-0.2, 0) is 14.8 Å². The summed E-state index contributed by atoms with van der Waals surface area (Å²) in [7, 11) is -3.90. The number of nitrogens with one attached hydrogen (secondary N) is 1. The van der Waals surface area contributed by atoms with E-state index in [1.807, 2.05) is 26.0 Å². The Morgan fingerprint density at radius 1 is 1.14 bits per heavy atom. The fourth-order valence-electron chi connectivity index (χ4n) is 3.15. The molecule has 2 rings (SSSR count). The van der Waals surface area contributed by atoms with Gasteiger partial charge in [-0.05, 0) is 44.4 Å². The largest absolute Gasteiger partial charge is 0.324 e. The van der Waals surface area contributed by atoms with Gasteiger partial charge in [0.25, 0.3) is 5.69 Å². The van der Waals surface area contributed by atoms with Crippen molar-refractivity contribution in [2.75, 3.05) is 15.9 Å². The average molecular weight is 420 g/mol. The maximum atomic E-state index is 13.0. The van der Waals surface area contributed by atoms with E-state index in [0.29, 0.717) is 11.3 Å². The van der Waals surface area contributed by atoms with Crippen molar-refractivity contribution in [2.45, 2.75) is 40.2 Å². The van der Waals surface area contributed by atoms with E-state index >= 15 is 0 Å². The number of carbonyl (C=O) groups excluding carboxylic acids is 1. The molecule has 2 aromatic carbocycles. The first-order valence-electron chi connectivity index (χ1n) is 9.08. The third kappa shape index (κ3) is 5.11. The molecule has 0 aliphatic carbocycles. The minimum absolute atomic E-state index is 0.115. The van der Waals surface area contributed by atoms with Gasteiger partial charge in [-0.15, -0.1) is 0 Å². The molecule has 0 aliphatic heterocycles. The van der Waals surface area contributed by atoms with Crippen molar-refractivity contribution >= 4 is 33.0 Å². The summed E-state index contributed by atoms with van der Waals surface area (Å²) in [6.45, 7) is 7.12. The molecule has 1 atom stereocenters. The second kappa shape index (κ2) is 8.60. The molecule has 29 heavy (non-hydrogen) atoms. The first-order valence-corrected chi connectivity index (χ1v) is 10.9. The molecular formula is C20H25N3O5S. The second-order valence-corrected chi connectivity index (χ2v) is 8.88. The number of nitro benzene ring substituents is 1. The third-order valence-electron chi connectivity index (χ3n) is 4.61. The highest BCUT2D eigenvalue weighted by atomic mass is 32.2. The number of rotatable bonds is 7. The number of carbonyl (C=O) groups is 1. The Morgan fingerprint density at radius 2 is 1.79 bits per heavy atom. The van der Waals surface area contributed by atoms with Gasteiger partial charge in [0.15, 0.2) is 0 Å². The van der Waals surface area contributed by atoms with Gasteiger partial charge in [-0.25, -0.2) is 8.42 Å². The molecule has 1 amide bonds. The van der Waals surface area contributed by atoms with Gasteiger partial charge < -0.3 is 5.32 Å². The van der Waals surface area contributed by atoms with Crippen LogP contribution in [0.15, 0.2) is 36.4 Å². The number of hydrogen-bond donors (Lipinski definition) is 1. The zero-order chi connectivity index (χ0) is 21.9. The Morgan fingerprint density at radius 3 is 2.31 bits per heavy atom. The minimum Gasteiger partial charge on any atom is -0.324 e. The number of sulfonamides is 1. The van der Waals surface area contributed by atoms with Crippen molar-refractivity contribution in [1.29, 1.82) is 0 Å². The van der Waals surface area contributed by atoms with Crippen molar-refractivity contribution in [3.8, 4) is 0 Å². The number of aryl methyl sites for hydroxylation is 3. The van der Waals surface area contributed by atoms with Crippen LogP contribution in [0.1, 0.15) is 30.0 Å². The van der Waals surface area contributed by atoms with Gasteiger partial charge in [-0.2, -0.15) is 0 Å². The Balaban J connectivity index is 2.51. The van der Waals surface area contributed by atoms with E-state index in [-0.39, 0.29) is 17.8 Å². The zero-order valence-electron chi connectivity index (χ0n) is 17.1. The van der Waals surface area contributed by atoms with E-state index in [9.17, 15) is 23.3 Å². The lowest BCUT2D eigenvalue weighted by Crippen LogP contribution is -2.47. The smallest absolute Gasteiger partial charge is 0.271 e. The monoisotopic (exact) mass is 419 g/mol. The molecule has 0 aliphatic rings. The molecule has 0 saturated heterocycles. The van der Waals surface area contributed by atoms with Crippen LogP contribution in [-0.4, -0.2) is 31.5 Å². The summed E-state index contributed by atoms with van der Waals surface area (Å²) < 4.78 is 26.2. The van der Waals surface area contributed by atoms with E-state index < -0.39 is 26.9 Å². The van der Waals surface area contributed by atoms with Crippen molar-refractivity contribution in [2.24, 2.45) is 0 Å². The van der Waals surface area contributed by atoms with E-state index in [4.69, 9.17) is 0 Å². The lowest BCUT2D eigenvalue weighted by Gasteiger charge is -2.31. The van der Waals surface area contributed by atoms with Gasteiger partial charge in [0.05, 0.1) is 16.9 Å². The van der Waals surface area contributed by atoms with Crippen LogP contribution in [0.4, 0.5) is 17.1 Å². The van der Waals surface area contributed by atoms with Crippen molar-refractivity contribution in [1.82, 2.24) is 0 Å². The summed E-state index contributed by atoms with van der Waals surface area (Å²) in [5.74, 6) is -0.504. The summed E-state index contributed by atoms with van der Waals surface area (Å²) in [5.41, 5.74) is 2.86. The molecule has 0 spiro atoms. The quantitative estimate of drug-likeness (QED) is 0.543. The summed E-state index contributed by atoms with van der Waals surface area (Å²) in [6, 6.07) is 8.42. The normalized spacial score (nSPS) is 12.3. The molecule has 2 aromatic rings. The molecule has 0 radical (unpaired) electrons. The highest BCUT2D eigenvalue weighted by Gasteiger charge is 2.33. The number of non-ortho nitro benzene ring substituents is 1. The highest BCUT2D eigenvalue weighted by molar-refractivity contribution is 7.92. The maximum absolute atomic E-state index is 13.0. The van der Waals surface area contributed by atoms with Gasteiger partial charge in [0, 0.05) is 17.8 Å². The summed E-state index contributed by atoms with van der Waals surface area (Å²) in [5, 5.41) is 14.0. The Kier molecular flexibility index (Phi) is 6.63. The van der Waals surface area contributed by atoms with Crippen molar-refractivity contribution < 1.29 is 18.1 Å². The van der Waals surface area contributed by atoms with Crippen LogP contribution < -0.4 is 9.62 Å². The lowest BCUT2D eigenvalue weighted by atomic mass is 10.1. The van der Waals surface area contributed by atoms with Gasteiger partial charge in [-0.3, -0.25) is 19.2 Å². The molecule has 0 aromatic heterocycles. The second-order valence-electron chi connectivity index (χ2n) is 7.02. The van der Waals surface area contributed by atoms with E-state index in [0.717, 1.165) is 21.7 Å². The zero-order valence-corrected chi connectivity index (χ0v) is 17.9. The first kappa shape index (κ1) is 22.4. The predicted molar refractivity (Wildman–Crippen MR) is 114 cm³/mol. The van der Waals surface area contributed by atoms with Gasteiger partial charge in [0.2, 0.25) is 15.9 Å². The van der Waals surface area contributed by atoms with E-state index in [1.165, 1.54) is 18.2 Å². The highest BCUT2D eigenvalue weighted by Crippen LogP contribution is 2.30. The molecule has 1 N–H and O–H groups in total. The number of hydrogen-bond acceptors (Lipinski definition) is 5. The van der Waals surface area contributed by atoms with Crippen LogP contribution >= 0.6 is 0 Å². The van der Waals surface area contributed by atoms with Gasteiger partial charge in [0.1, 0.15) is 6.04 Å². The number of nitrogens with zero attached hydrogens (tertiary/aromatic N) is 2. The van der Waals surface area contributed by atoms with E-state index in [2.05, 4.69) is 5.32 Å². The Bertz CT molecular complexity index is 1050. The average Bonchev–Trinajstić information content (AvgIpc) is 2.61. The molecule has 0 fully saturated rings. The molecule has 8 nitrogen and oxygen atoms in total. The maximum Gasteiger partial charge on any atom is 0.271 e. The van der Waals surface area contributed by atoms with Crippen LogP contribution in [0.2, 0.25) is 0 Å². The summed E-state index contributed by atoms with van der Waals surface area (Å²) in [6.07, 6.45) is 1.17. The number of nitro groups is 1. The molecule has 156 valence electrons. The number of benzene rings is 2. The fourth-order valence-corrected chi connectivity index (χ4v) is 4.42. The molecule has 0 unspecified atom stereocenters. The molecule has 0 heterocycles. The Labute approximate surface area is 170 Å². The van der Waals surface area contributed by atoms with Crippen molar-refractivity contribution in [3.05, 3.63) is 63.2 Å². The molecular weight excluding hydrogens is 394 g/mol. The SMILES string of the molecule is CC[C@H](C(=O)Nc1ccc(C)cc1C)N(c1cc([N+](=O)[O-])ccc1C)S(C)(=O)=O. The lowest BCUT2D eigenvalue weighted by molar-refractivity contribution is -0.384. The number of amides is 1. The van der Waals surface area contributed by atoms with Crippen LogP contribution in [0, 0.1) is 30.9 Å². The van der Waals surface area contributed by atoms with E-state index in [1.54, 1.807) is 19.9 Å². The van der Waals surface area contributed by atoms with Crippen LogP contribution in [0.25, 0.3) is 0 Å². The molecule has 9 heteroatoms. The number of anilines is 2. The first-order chi connectivity index (χ1) is 13.5. The third-order valence-corrected chi connectivity index (χ3v) is 5.78. The minimum atomic E-state index is -3.90. The standard InChI is InChI=1S/C20H25N3O5S/c1-6-18(20(24)21-17-10-7-13(2)11-15(17)4)22(29(5,27)28)19-12-16(23(25)26)9-8-14(19)3/h7-12,18H,6H2,1-5H3,(H,21,24)/t18-/m1/s1. The molecule has 0 saturated carbocycles. The fraction of sp³-hybridized carbons (Fsp3) is 0.350. The summed E-state index contributed by atoms with van der Waals surface area (Å²) >= 11 is 0. The summed E-state index contributed by atoms with van der Waals surface area (Å²) in [4.78, 5) is 23.6. The topological polar surface area (TPSA) is 110 Å². The van der Waals surface area contributed by atoms with Crippen LogP contribution in [0.3, 0.4) is 0 Å². The predicted octanol–water partition coefficient (Wildman–Crippen LogP) is 3.70. The Hall–Kier alpha value is -2.94. The van der Waals surface area contributed by atoms with Gasteiger partial charge >= 0.3 is 0 Å².